The van der Waals surface area contributed by atoms with Gasteiger partial charge in [0.25, 0.3) is 0 Å². The van der Waals surface area contributed by atoms with Gasteiger partial charge < -0.3 is 34.9 Å². The highest BCUT2D eigenvalue weighted by Crippen LogP contribution is 2.35. The van der Waals surface area contributed by atoms with Crippen LogP contribution in [0.4, 0.5) is 9.59 Å². The van der Waals surface area contributed by atoms with Crippen molar-refractivity contribution in [3.63, 3.8) is 0 Å². The first-order valence-electron chi connectivity index (χ1n) is 19.6. The minimum atomic E-state index is -1.20. The number of nitrogens with zero attached hydrogens (tertiary/aromatic N) is 9. The monoisotopic (exact) mass is 816 g/mol. The van der Waals surface area contributed by atoms with Gasteiger partial charge in [-0.2, -0.15) is 0 Å². The van der Waals surface area contributed by atoms with Crippen LogP contribution >= 0.6 is 0 Å². The number of hydrogen-bond acceptors (Lipinski definition) is 11. The number of ether oxygens (including phenoxy) is 1. The van der Waals surface area contributed by atoms with E-state index in [1.165, 1.54) is 14.2 Å². The number of imidazole rings is 2. The van der Waals surface area contributed by atoms with E-state index in [1.807, 2.05) is 48.5 Å². The number of benzene rings is 2. The number of methoxy groups -OCH3 is 1. The first kappa shape index (κ1) is 39.4. The zero-order valence-electron chi connectivity index (χ0n) is 32.9. The number of likely N-dealkylation sites (tertiary alicyclic amines) is 2. The Labute approximate surface area is 343 Å². The van der Waals surface area contributed by atoms with Crippen LogP contribution in [0.5, 0.6) is 0 Å². The second kappa shape index (κ2) is 17.2. The van der Waals surface area contributed by atoms with Crippen LogP contribution in [0.2, 0.25) is 0 Å². The molecule has 60 heavy (non-hydrogen) atoms. The SMILES string of the molecule is COC(=O)N[C@@H](Cc1c[nH]nn1)C(=O)N1CCC[C@H]1c1ncc(-c2ccc(-c3ccc(-c4cnc([C@@H]5CCCN5C(=O)[C@H](Cc5c[nH]nn5)N(C)C(=O)O)[nH]4)cc3)cc2)[nH]1. The van der Waals surface area contributed by atoms with Crippen molar-refractivity contribution in [2.45, 2.75) is 62.7 Å². The molecular formula is C40H44N14O6. The van der Waals surface area contributed by atoms with E-state index in [-0.39, 0.29) is 36.7 Å². The van der Waals surface area contributed by atoms with E-state index in [0.29, 0.717) is 42.5 Å². The van der Waals surface area contributed by atoms with Gasteiger partial charge in [-0.1, -0.05) is 59.0 Å². The van der Waals surface area contributed by atoms with Gasteiger partial charge in [-0.3, -0.25) is 24.7 Å². The molecule has 20 heteroatoms. The van der Waals surface area contributed by atoms with Crippen molar-refractivity contribution >= 4 is 24.0 Å². The summed E-state index contributed by atoms with van der Waals surface area (Å²) in [6.07, 6.45) is 7.98. The average Bonchev–Trinajstić information content (AvgIpc) is 4.12. The van der Waals surface area contributed by atoms with E-state index in [2.05, 4.69) is 56.1 Å². The van der Waals surface area contributed by atoms with E-state index < -0.39 is 24.3 Å². The Morgan fingerprint density at radius 2 is 1.25 bits per heavy atom. The Morgan fingerprint density at radius 1 is 0.767 bits per heavy atom. The molecule has 20 nitrogen and oxygen atoms in total. The van der Waals surface area contributed by atoms with Gasteiger partial charge in [0, 0.05) is 45.4 Å². The number of carbonyl (C=O) groups is 4. The maximum absolute atomic E-state index is 13.8. The number of alkyl carbamates (subject to hydrolysis) is 1. The molecule has 310 valence electrons. The summed E-state index contributed by atoms with van der Waals surface area (Å²) in [6.45, 7) is 1.01. The van der Waals surface area contributed by atoms with Gasteiger partial charge in [-0.25, -0.2) is 19.6 Å². The molecule has 8 rings (SSSR count). The van der Waals surface area contributed by atoms with Gasteiger partial charge in [-0.05, 0) is 47.9 Å². The molecule has 2 aromatic carbocycles. The number of carboxylic acid groups (broad SMARTS) is 1. The first-order chi connectivity index (χ1) is 29.2. The second-order valence-corrected chi connectivity index (χ2v) is 14.8. The predicted octanol–water partition coefficient (Wildman–Crippen LogP) is 3.89. The molecule has 0 unspecified atom stereocenters. The Kier molecular flexibility index (Phi) is 11.3. The minimum absolute atomic E-state index is 0.0973. The molecule has 4 amide bonds. The van der Waals surface area contributed by atoms with Gasteiger partial charge in [0.15, 0.2) is 0 Å². The van der Waals surface area contributed by atoms with Gasteiger partial charge >= 0.3 is 12.2 Å². The normalized spacial score (nSPS) is 17.4. The summed E-state index contributed by atoms with van der Waals surface area (Å²) in [7, 11) is 2.64. The lowest BCUT2D eigenvalue weighted by molar-refractivity contribution is -0.137. The number of likely N-dealkylation sites (N-methyl/N-ethyl adjacent to an activating group) is 1. The zero-order chi connectivity index (χ0) is 41.8. The molecule has 0 spiro atoms. The molecule has 0 bridgehead atoms. The number of H-pyrrole nitrogens is 4. The molecule has 0 saturated carbocycles. The summed E-state index contributed by atoms with van der Waals surface area (Å²) >= 11 is 0. The third-order valence-electron chi connectivity index (χ3n) is 11.2. The molecule has 2 saturated heterocycles. The molecule has 0 radical (unpaired) electrons. The maximum Gasteiger partial charge on any atom is 0.407 e. The van der Waals surface area contributed by atoms with Crippen molar-refractivity contribution in [1.82, 2.24) is 70.8 Å². The average molecular weight is 817 g/mol. The van der Waals surface area contributed by atoms with Crippen LogP contribution in [0.25, 0.3) is 33.6 Å². The molecule has 6 aromatic rings. The Bertz CT molecular complexity index is 2410. The smallest absolute Gasteiger partial charge is 0.407 e. The Hall–Kier alpha value is -7.38. The molecular weight excluding hydrogens is 773 g/mol. The molecule has 0 aliphatic carbocycles. The molecule has 2 aliphatic rings. The molecule has 2 aliphatic heterocycles. The number of carbonyl (C=O) groups excluding carboxylic acids is 3. The number of aromatic amines is 4. The highest BCUT2D eigenvalue weighted by Gasteiger charge is 2.39. The standard InChI is InChI=1S/C40H44N14O6/c1-52(40(58)59)34(18-28-20-44-51-49-28)38(56)54-16-4-6-33(54)36-42-22-31(46-36)26-13-9-24(10-14-26)23-7-11-25(12-8-23)30-21-41-35(45-30)32-5-3-15-53(32)37(55)29(47-39(57)60-2)17-27-19-43-50-48-27/h7-14,19-22,29,32-34H,3-6,15-18H2,1-2H3,(H,41,45)(H,42,46)(H,47,57)(H,58,59)(H,43,48,50)(H,44,49,51)/t29-,32-,33-,34-/m0/s1. The van der Waals surface area contributed by atoms with Crippen molar-refractivity contribution in [1.29, 1.82) is 0 Å². The van der Waals surface area contributed by atoms with Gasteiger partial charge in [0.1, 0.15) is 23.7 Å². The van der Waals surface area contributed by atoms with Crippen LogP contribution in [0.3, 0.4) is 0 Å². The van der Waals surface area contributed by atoms with Gasteiger partial charge in [-0.15, -0.1) is 10.2 Å². The van der Waals surface area contributed by atoms with Crippen LogP contribution in [-0.4, -0.2) is 134 Å². The molecule has 6 heterocycles. The summed E-state index contributed by atoms with van der Waals surface area (Å²) in [5.41, 5.74) is 6.55. The summed E-state index contributed by atoms with van der Waals surface area (Å²) < 4.78 is 4.78. The van der Waals surface area contributed by atoms with Crippen molar-refractivity contribution in [2.75, 3.05) is 27.2 Å². The third-order valence-corrected chi connectivity index (χ3v) is 11.2. The fourth-order valence-corrected chi connectivity index (χ4v) is 7.99. The van der Waals surface area contributed by atoms with E-state index in [1.54, 1.807) is 34.6 Å². The van der Waals surface area contributed by atoms with E-state index in [4.69, 9.17) is 4.74 Å². The summed E-state index contributed by atoms with van der Waals surface area (Å²) in [5.74, 6) is 0.752. The topological polar surface area (TPSA) is 260 Å². The number of amides is 4. The van der Waals surface area contributed by atoms with E-state index in [0.717, 1.165) is 57.8 Å². The van der Waals surface area contributed by atoms with Crippen LogP contribution in [0.15, 0.2) is 73.3 Å². The first-order valence-corrected chi connectivity index (χ1v) is 19.6. The van der Waals surface area contributed by atoms with Crippen molar-refractivity contribution in [3.05, 3.63) is 96.4 Å². The Balaban J connectivity index is 0.917. The quantitative estimate of drug-likeness (QED) is 0.0971. The summed E-state index contributed by atoms with van der Waals surface area (Å²) in [4.78, 5) is 72.2. The summed E-state index contributed by atoms with van der Waals surface area (Å²) in [6, 6.07) is 13.8. The number of nitrogens with one attached hydrogen (secondary N) is 5. The van der Waals surface area contributed by atoms with Crippen LogP contribution in [0.1, 0.15) is 60.8 Å². The van der Waals surface area contributed by atoms with Gasteiger partial charge in [0.2, 0.25) is 11.8 Å². The van der Waals surface area contributed by atoms with Gasteiger partial charge in [0.05, 0.1) is 54.4 Å². The number of rotatable bonds is 13. The van der Waals surface area contributed by atoms with Crippen LogP contribution < -0.4 is 5.32 Å². The highest BCUT2D eigenvalue weighted by atomic mass is 16.5. The predicted molar refractivity (Wildman–Crippen MR) is 213 cm³/mol. The lowest BCUT2D eigenvalue weighted by Gasteiger charge is -2.31. The van der Waals surface area contributed by atoms with Crippen LogP contribution in [-0.2, 0) is 27.2 Å². The molecule has 4 aromatic heterocycles. The lowest BCUT2D eigenvalue weighted by Crippen LogP contribution is -2.50. The van der Waals surface area contributed by atoms with Crippen molar-refractivity contribution < 1.29 is 29.0 Å². The van der Waals surface area contributed by atoms with Crippen molar-refractivity contribution in [2.24, 2.45) is 0 Å². The zero-order valence-corrected chi connectivity index (χ0v) is 32.9. The maximum atomic E-state index is 13.8. The fraction of sp³-hybridized carbons (Fsp3) is 0.350. The van der Waals surface area contributed by atoms with Crippen LogP contribution in [0, 0.1) is 0 Å². The third kappa shape index (κ3) is 8.29. The molecule has 2 fully saturated rings. The summed E-state index contributed by atoms with van der Waals surface area (Å²) in [5, 5.41) is 33.0. The molecule has 4 atom stereocenters. The highest BCUT2D eigenvalue weighted by molar-refractivity contribution is 5.87. The number of hydrogen-bond donors (Lipinski definition) is 6. The Morgan fingerprint density at radius 3 is 1.72 bits per heavy atom. The largest absolute Gasteiger partial charge is 0.465 e. The second-order valence-electron chi connectivity index (χ2n) is 14.8. The van der Waals surface area contributed by atoms with E-state index >= 15 is 0 Å². The minimum Gasteiger partial charge on any atom is -0.465 e. The van der Waals surface area contributed by atoms with E-state index in [9.17, 15) is 24.3 Å². The van der Waals surface area contributed by atoms with Crippen molar-refractivity contribution in [3.8, 4) is 33.6 Å². The fourth-order valence-electron chi connectivity index (χ4n) is 7.99. The lowest BCUT2D eigenvalue weighted by atomic mass is 10.0. The molecule has 6 N–H and O–H groups in total. The number of aromatic nitrogens is 10.